The van der Waals surface area contributed by atoms with E-state index >= 15 is 0 Å². The van der Waals surface area contributed by atoms with Gasteiger partial charge in [-0.3, -0.25) is 4.90 Å². The monoisotopic (exact) mass is 223 g/mol. The SMILES string of the molecule is Cc1cccc(CN(C)CCOCCO)c1. The van der Waals surface area contributed by atoms with Crippen LogP contribution in [0.1, 0.15) is 11.1 Å². The molecule has 0 saturated heterocycles. The van der Waals surface area contributed by atoms with Gasteiger partial charge in [0, 0.05) is 13.1 Å². The third-order valence-corrected chi connectivity index (χ3v) is 2.39. The highest BCUT2D eigenvalue weighted by Gasteiger charge is 2.00. The lowest BCUT2D eigenvalue weighted by Gasteiger charge is -2.16. The van der Waals surface area contributed by atoms with Crippen LogP contribution >= 0.6 is 0 Å². The molecule has 0 heterocycles. The van der Waals surface area contributed by atoms with Gasteiger partial charge < -0.3 is 9.84 Å². The average Bonchev–Trinajstić information content (AvgIpc) is 2.24. The summed E-state index contributed by atoms with van der Waals surface area (Å²) in [4.78, 5) is 2.21. The molecule has 0 amide bonds. The minimum atomic E-state index is 0.0988. The Morgan fingerprint density at radius 2 is 2.12 bits per heavy atom. The van der Waals surface area contributed by atoms with E-state index in [1.165, 1.54) is 11.1 Å². The lowest BCUT2D eigenvalue weighted by Crippen LogP contribution is -2.23. The van der Waals surface area contributed by atoms with E-state index in [0.29, 0.717) is 13.2 Å². The zero-order valence-corrected chi connectivity index (χ0v) is 10.1. The molecular formula is C13H21NO2. The van der Waals surface area contributed by atoms with Crippen LogP contribution in [0.4, 0.5) is 0 Å². The Morgan fingerprint density at radius 3 is 2.81 bits per heavy atom. The van der Waals surface area contributed by atoms with E-state index in [-0.39, 0.29) is 6.61 Å². The zero-order valence-electron chi connectivity index (χ0n) is 10.1. The van der Waals surface area contributed by atoms with Crippen LogP contribution in [0.2, 0.25) is 0 Å². The average molecular weight is 223 g/mol. The molecule has 0 spiro atoms. The maximum absolute atomic E-state index is 8.56. The van der Waals surface area contributed by atoms with Gasteiger partial charge in [-0.1, -0.05) is 29.8 Å². The largest absolute Gasteiger partial charge is 0.394 e. The number of rotatable bonds is 7. The first-order chi connectivity index (χ1) is 7.72. The molecule has 90 valence electrons. The minimum Gasteiger partial charge on any atom is -0.394 e. The number of hydrogen-bond acceptors (Lipinski definition) is 3. The van der Waals surface area contributed by atoms with E-state index in [0.717, 1.165) is 13.1 Å². The summed E-state index contributed by atoms with van der Waals surface area (Å²) in [6.07, 6.45) is 0. The van der Waals surface area contributed by atoms with Gasteiger partial charge >= 0.3 is 0 Å². The Morgan fingerprint density at radius 1 is 1.31 bits per heavy atom. The summed E-state index contributed by atoms with van der Waals surface area (Å²) in [6.45, 7) is 5.12. The fourth-order valence-corrected chi connectivity index (χ4v) is 1.59. The summed E-state index contributed by atoms with van der Waals surface area (Å²) >= 11 is 0. The molecule has 0 unspecified atom stereocenters. The van der Waals surface area contributed by atoms with E-state index in [1.807, 2.05) is 0 Å². The van der Waals surface area contributed by atoms with Crippen LogP contribution in [0, 0.1) is 6.92 Å². The number of nitrogens with zero attached hydrogens (tertiary/aromatic N) is 1. The van der Waals surface area contributed by atoms with Gasteiger partial charge in [-0.05, 0) is 19.5 Å². The second kappa shape index (κ2) is 7.39. The third-order valence-electron chi connectivity index (χ3n) is 2.39. The zero-order chi connectivity index (χ0) is 11.8. The van der Waals surface area contributed by atoms with Gasteiger partial charge in [-0.2, -0.15) is 0 Å². The lowest BCUT2D eigenvalue weighted by molar-refractivity contribution is 0.0773. The number of hydrogen-bond donors (Lipinski definition) is 1. The molecule has 0 atom stereocenters. The van der Waals surface area contributed by atoms with Gasteiger partial charge in [-0.15, -0.1) is 0 Å². The van der Waals surface area contributed by atoms with E-state index < -0.39 is 0 Å². The molecule has 0 bridgehead atoms. The van der Waals surface area contributed by atoms with Gasteiger partial charge in [-0.25, -0.2) is 0 Å². The second-order valence-electron chi connectivity index (χ2n) is 4.06. The molecule has 0 saturated carbocycles. The van der Waals surface area contributed by atoms with Crippen molar-refractivity contribution in [1.82, 2.24) is 4.90 Å². The van der Waals surface area contributed by atoms with E-state index in [1.54, 1.807) is 0 Å². The minimum absolute atomic E-state index is 0.0988. The van der Waals surface area contributed by atoms with Crippen molar-refractivity contribution in [1.29, 1.82) is 0 Å². The Hall–Kier alpha value is -0.900. The van der Waals surface area contributed by atoms with Crippen molar-refractivity contribution in [2.75, 3.05) is 33.4 Å². The Balaban J connectivity index is 2.25. The second-order valence-corrected chi connectivity index (χ2v) is 4.06. The standard InChI is InChI=1S/C13H21NO2/c1-12-4-3-5-13(10-12)11-14(2)6-8-16-9-7-15/h3-5,10,15H,6-9,11H2,1-2H3. The number of aliphatic hydroxyl groups is 1. The van der Waals surface area contributed by atoms with Crippen LogP contribution in [-0.4, -0.2) is 43.4 Å². The Kier molecular flexibility index (Phi) is 6.08. The van der Waals surface area contributed by atoms with Crippen LogP contribution < -0.4 is 0 Å². The Labute approximate surface area is 97.7 Å². The fourth-order valence-electron chi connectivity index (χ4n) is 1.59. The van der Waals surface area contributed by atoms with Crippen molar-refractivity contribution in [3.8, 4) is 0 Å². The summed E-state index contributed by atoms with van der Waals surface area (Å²) < 4.78 is 5.22. The lowest BCUT2D eigenvalue weighted by atomic mass is 10.1. The molecule has 0 aromatic heterocycles. The quantitative estimate of drug-likeness (QED) is 0.710. The smallest absolute Gasteiger partial charge is 0.0698 e. The molecule has 16 heavy (non-hydrogen) atoms. The highest BCUT2D eigenvalue weighted by Crippen LogP contribution is 2.06. The van der Waals surface area contributed by atoms with E-state index in [2.05, 4.69) is 43.1 Å². The van der Waals surface area contributed by atoms with Gasteiger partial charge in [0.15, 0.2) is 0 Å². The summed E-state index contributed by atoms with van der Waals surface area (Å²) in [5, 5.41) is 8.56. The van der Waals surface area contributed by atoms with Gasteiger partial charge in [0.25, 0.3) is 0 Å². The van der Waals surface area contributed by atoms with E-state index in [4.69, 9.17) is 9.84 Å². The van der Waals surface area contributed by atoms with Crippen LogP contribution in [-0.2, 0) is 11.3 Å². The van der Waals surface area contributed by atoms with Crippen LogP contribution in [0.15, 0.2) is 24.3 Å². The predicted molar refractivity (Wildman–Crippen MR) is 65.4 cm³/mol. The van der Waals surface area contributed by atoms with Crippen LogP contribution in [0.3, 0.4) is 0 Å². The number of likely N-dealkylation sites (N-methyl/N-ethyl adjacent to an activating group) is 1. The number of aliphatic hydroxyl groups excluding tert-OH is 1. The highest BCUT2D eigenvalue weighted by atomic mass is 16.5. The number of aryl methyl sites for hydroxylation is 1. The highest BCUT2D eigenvalue weighted by molar-refractivity contribution is 5.21. The first-order valence-electron chi connectivity index (χ1n) is 5.65. The predicted octanol–water partition coefficient (Wildman–Crippen LogP) is 1.44. The first-order valence-corrected chi connectivity index (χ1v) is 5.65. The molecule has 1 rings (SSSR count). The van der Waals surface area contributed by atoms with Crippen molar-refractivity contribution >= 4 is 0 Å². The van der Waals surface area contributed by atoms with Gasteiger partial charge in [0.1, 0.15) is 0 Å². The molecule has 1 N–H and O–H groups in total. The van der Waals surface area contributed by atoms with Gasteiger partial charge in [0.05, 0.1) is 19.8 Å². The third kappa shape index (κ3) is 5.26. The summed E-state index contributed by atoms with van der Waals surface area (Å²) in [7, 11) is 2.07. The molecule has 0 radical (unpaired) electrons. The summed E-state index contributed by atoms with van der Waals surface area (Å²) in [5.74, 6) is 0. The van der Waals surface area contributed by atoms with Crippen LogP contribution in [0.5, 0.6) is 0 Å². The number of ether oxygens (including phenoxy) is 1. The molecule has 1 aromatic rings. The summed E-state index contributed by atoms with van der Waals surface area (Å²) in [6, 6.07) is 8.53. The van der Waals surface area contributed by atoms with Gasteiger partial charge in [0.2, 0.25) is 0 Å². The van der Waals surface area contributed by atoms with Crippen molar-refractivity contribution < 1.29 is 9.84 Å². The maximum Gasteiger partial charge on any atom is 0.0698 e. The first kappa shape index (κ1) is 13.2. The molecule has 3 heteroatoms. The topological polar surface area (TPSA) is 32.7 Å². The van der Waals surface area contributed by atoms with Crippen molar-refractivity contribution in [3.05, 3.63) is 35.4 Å². The Bertz CT molecular complexity index is 302. The van der Waals surface area contributed by atoms with E-state index in [9.17, 15) is 0 Å². The molecule has 0 fully saturated rings. The maximum atomic E-state index is 8.56. The van der Waals surface area contributed by atoms with Crippen molar-refractivity contribution in [2.45, 2.75) is 13.5 Å². The van der Waals surface area contributed by atoms with Crippen LogP contribution in [0.25, 0.3) is 0 Å². The van der Waals surface area contributed by atoms with Crippen molar-refractivity contribution in [2.24, 2.45) is 0 Å². The number of benzene rings is 1. The molecule has 0 aliphatic heterocycles. The fraction of sp³-hybridized carbons (Fsp3) is 0.538. The van der Waals surface area contributed by atoms with Crippen molar-refractivity contribution in [3.63, 3.8) is 0 Å². The molecule has 0 aliphatic rings. The summed E-state index contributed by atoms with van der Waals surface area (Å²) in [5.41, 5.74) is 2.62. The molecule has 3 nitrogen and oxygen atoms in total. The molecule has 1 aromatic carbocycles. The molecule has 0 aliphatic carbocycles. The molecular weight excluding hydrogens is 202 g/mol. The normalized spacial score (nSPS) is 11.0.